The second-order valence-corrected chi connectivity index (χ2v) is 3.92. The van der Waals surface area contributed by atoms with Crippen LogP contribution in [0.4, 0.5) is 0 Å². The fourth-order valence-electron chi connectivity index (χ4n) is 1.30. The van der Waals surface area contributed by atoms with Gasteiger partial charge >= 0.3 is 0 Å². The van der Waals surface area contributed by atoms with Gasteiger partial charge in [-0.2, -0.15) is 0 Å². The Balaban J connectivity index is 0. The number of nitrogens with zero attached hydrogens (tertiary/aromatic N) is 1. The summed E-state index contributed by atoms with van der Waals surface area (Å²) in [6, 6.07) is 0. The monoisotopic (exact) mass is 263 g/mol. The highest BCUT2D eigenvalue weighted by atomic mass is 16.5. The standard InChI is InChI=1S/C8H18O3.C6H15N/c1-2-3-5-10-7-8-11-6-4-9;1-4-7(5-2)6-3/h9H,2-8H2,1H3;4-6H2,1-3H3. The Hall–Kier alpha value is -0.160. The van der Waals surface area contributed by atoms with Gasteiger partial charge in [0.05, 0.1) is 26.4 Å². The number of ether oxygens (including phenoxy) is 2. The molecule has 0 atom stereocenters. The summed E-state index contributed by atoms with van der Waals surface area (Å²) < 4.78 is 10.2. The molecular weight excluding hydrogens is 230 g/mol. The first kappa shape index (κ1) is 20.2. The molecule has 0 spiro atoms. The fraction of sp³-hybridized carbons (Fsp3) is 1.00. The second-order valence-electron chi connectivity index (χ2n) is 3.92. The fourth-order valence-corrected chi connectivity index (χ4v) is 1.30. The largest absolute Gasteiger partial charge is 0.394 e. The number of rotatable bonds is 11. The van der Waals surface area contributed by atoms with Gasteiger partial charge in [-0.25, -0.2) is 0 Å². The molecule has 0 unspecified atom stereocenters. The van der Waals surface area contributed by atoms with Gasteiger partial charge in [0.1, 0.15) is 0 Å². The molecule has 0 rings (SSSR count). The lowest BCUT2D eigenvalue weighted by Gasteiger charge is -2.13. The van der Waals surface area contributed by atoms with E-state index < -0.39 is 0 Å². The van der Waals surface area contributed by atoms with Crippen molar-refractivity contribution in [3.05, 3.63) is 0 Å². The van der Waals surface area contributed by atoms with E-state index in [-0.39, 0.29) is 6.61 Å². The van der Waals surface area contributed by atoms with Gasteiger partial charge in [-0.05, 0) is 26.1 Å². The van der Waals surface area contributed by atoms with E-state index in [1.807, 2.05) is 0 Å². The van der Waals surface area contributed by atoms with Crippen LogP contribution in [0.15, 0.2) is 0 Å². The van der Waals surface area contributed by atoms with Gasteiger partial charge in [0.2, 0.25) is 0 Å². The first-order valence-corrected chi connectivity index (χ1v) is 7.25. The van der Waals surface area contributed by atoms with E-state index in [1.165, 1.54) is 19.6 Å². The van der Waals surface area contributed by atoms with Crippen LogP contribution in [0.3, 0.4) is 0 Å². The van der Waals surface area contributed by atoms with E-state index in [2.05, 4.69) is 32.6 Å². The third kappa shape index (κ3) is 18.2. The summed E-state index contributed by atoms with van der Waals surface area (Å²) in [5.41, 5.74) is 0. The van der Waals surface area contributed by atoms with E-state index in [9.17, 15) is 0 Å². The van der Waals surface area contributed by atoms with Gasteiger partial charge < -0.3 is 19.5 Å². The summed E-state index contributed by atoms with van der Waals surface area (Å²) >= 11 is 0. The van der Waals surface area contributed by atoms with Crippen LogP contribution in [-0.4, -0.2) is 62.7 Å². The van der Waals surface area contributed by atoms with Crippen LogP contribution in [0.1, 0.15) is 40.5 Å². The van der Waals surface area contributed by atoms with Crippen molar-refractivity contribution in [2.45, 2.75) is 40.5 Å². The minimum atomic E-state index is 0.0922. The number of hydrogen-bond acceptors (Lipinski definition) is 4. The molecule has 0 radical (unpaired) electrons. The van der Waals surface area contributed by atoms with Crippen molar-refractivity contribution in [2.75, 3.05) is 52.7 Å². The highest BCUT2D eigenvalue weighted by Crippen LogP contribution is 1.87. The topological polar surface area (TPSA) is 41.9 Å². The first-order valence-electron chi connectivity index (χ1n) is 7.25. The average molecular weight is 263 g/mol. The van der Waals surface area contributed by atoms with Gasteiger partial charge in [0, 0.05) is 6.61 Å². The molecule has 0 heterocycles. The number of aliphatic hydroxyl groups excluding tert-OH is 1. The molecule has 0 aromatic rings. The molecule has 0 aliphatic heterocycles. The zero-order valence-corrected chi connectivity index (χ0v) is 12.8. The van der Waals surface area contributed by atoms with Crippen LogP contribution < -0.4 is 0 Å². The van der Waals surface area contributed by atoms with Crippen molar-refractivity contribution in [3.8, 4) is 0 Å². The predicted molar refractivity (Wildman–Crippen MR) is 77.1 cm³/mol. The Labute approximate surface area is 113 Å². The molecular formula is C14H33NO3. The smallest absolute Gasteiger partial charge is 0.0701 e. The van der Waals surface area contributed by atoms with Crippen LogP contribution in [0.5, 0.6) is 0 Å². The highest BCUT2D eigenvalue weighted by Gasteiger charge is 1.89. The molecule has 0 aliphatic carbocycles. The third-order valence-corrected chi connectivity index (χ3v) is 2.59. The Morgan fingerprint density at radius 3 is 1.61 bits per heavy atom. The van der Waals surface area contributed by atoms with Crippen molar-refractivity contribution in [2.24, 2.45) is 0 Å². The summed E-state index contributed by atoms with van der Waals surface area (Å²) in [5, 5.41) is 8.34. The van der Waals surface area contributed by atoms with Gasteiger partial charge in [0.15, 0.2) is 0 Å². The van der Waals surface area contributed by atoms with Crippen molar-refractivity contribution in [3.63, 3.8) is 0 Å². The van der Waals surface area contributed by atoms with E-state index in [0.717, 1.165) is 19.4 Å². The minimum Gasteiger partial charge on any atom is -0.394 e. The van der Waals surface area contributed by atoms with E-state index in [4.69, 9.17) is 14.6 Å². The summed E-state index contributed by atoms with van der Waals surface area (Å²) in [6.07, 6.45) is 2.28. The second kappa shape index (κ2) is 19.2. The van der Waals surface area contributed by atoms with Crippen molar-refractivity contribution >= 4 is 0 Å². The predicted octanol–water partition coefficient (Wildman–Crippen LogP) is 2.16. The lowest BCUT2D eigenvalue weighted by Crippen LogP contribution is -2.21. The van der Waals surface area contributed by atoms with E-state index >= 15 is 0 Å². The van der Waals surface area contributed by atoms with Crippen LogP contribution in [0, 0.1) is 0 Å². The van der Waals surface area contributed by atoms with Crippen molar-refractivity contribution in [1.82, 2.24) is 4.90 Å². The molecule has 0 aliphatic rings. The summed E-state index contributed by atoms with van der Waals surface area (Å²) in [4.78, 5) is 2.38. The lowest BCUT2D eigenvalue weighted by atomic mass is 10.4. The summed E-state index contributed by atoms with van der Waals surface area (Å²) in [6.45, 7) is 14.8. The average Bonchev–Trinajstić information content (AvgIpc) is 2.41. The number of aliphatic hydroxyl groups is 1. The molecule has 0 bridgehead atoms. The highest BCUT2D eigenvalue weighted by molar-refractivity contribution is 4.43. The maximum absolute atomic E-state index is 8.34. The van der Waals surface area contributed by atoms with Gasteiger partial charge in [0.25, 0.3) is 0 Å². The van der Waals surface area contributed by atoms with Crippen LogP contribution in [0.2, 0.25) is 0 Å². The third-order valence-electron chi connectivity index (χ3n) is 2.59. The molecule has 112 valence electrons. The Bertz CT molecular complexity index is 117. The molecule has 0 saturated heterocycles. The zero-order chi connectivity index (χ0) is 14.1. The van der Waals surface area contributed by atoms with Gasteiger partial charge in [-0.15, -0.1) is 0 Å². The van der Waals surface area contributed by atoms with Crippen molar-refractivity contribution < 1.29 is 14.6 Å². The first-order chi connectivity index (χ1) is 8.76. The van der Waals surface area contributed by atoms with Gasteiger partial charge in [-0.1, -0.05) is 34.1 Å². The molecule has 4 nitrogen and oxygen atoms in total. The molecule has 1 N–H and O–H groups in total. The number of hydrogen-bond donors (Lipinski definition) is 1. The lowest BCUT2D eigenvalue weighted by molar-refractivity contribution is 0.0324. The van der Waals surface area contributed by atoms with Crippen LogP contribution in [-0.2, 0) is 9.47 Å². The molecule has 0 fully saturated rings. The SMILES string of the molecule is CCCCOCCOCCO.CCN(CC)CC. The van der Waals surface area contributed by atoms with E-state index in [1.54, 1.807) is 0 Å². The Morgan fingerprint density at radius 2 is 1.28 bits per heavy atom. The molecule has 0 aromatic heterocycles. The molecule has 4 heteroatoms. The maximum Gasteiger partial charge on any atom is 0.0701 e. The van der Waals surface area contributed by atoms with E-state index in [0.29, 0.717) is 19.8 Å². The van der Waals surface area contributed by atoms with Crippen molar-refractivity contribution in [1.29, 1.82) is 0 Å². The van der Waals surface area contributed by atoms with Gasteiger partial charge in [-0.3, -0.25) is 0 Å². The van der Waals surface area contributed by atoms with Crippen LogP contribution in [0.25, 0.3) is 0 Å². The molecule has 0 amide bonds. The number of unbranched alkanes of at least 4 members (excludes halogenated alkanes) is 1. The normalized spacial score (nSPS) is 10.3. The molecule has 18 heavy (non-hydrogen) atoms. The maximum atomic E-state index is 8.34. The minimum absolute atomic E-state index is 0.0922. The Kier molecular flexibility index (Phi) is 21.5. The summed E-state index contributed by atoms with van der Waals surface area (Å²) in [7, 11) is 0. The molecule has 0 saturated carbocycles. The quantitative estimate of drug-likeness (QED) is 0.580. The molecule has 0 aromatic carbocycles. The Morgan fingerprint density at radius 1 is 0.778 bits per heavy atom. The van der Waals surface area contributed by atoms with Crippen LogP contribution >= 0.6 is 0 Å². The zero-order valence-electron chi connectivity index (χ0n) is 12.8. The summed E-state index contributed by atoms with van der Waals surface area (Å²) in [5.74, 6) is 0.